The van der Waals surface area contributed by atoms with Gasteiger partial charge in [-0.3, -0.25) is 14.7 Å². The maximum absolute atomic E-state index is 13.4. The fourth-order valence-electron chi connectivity index (χ4n) is 8.17. The quantitative estimate of drug-likeness (QED) is 0.0140. The Hall–Kier alpha value is -6.98. The number of hydrogen-bond donors (Lipinski definition) is 8. The Kier molecular flexibility index (Phi) is 18.2. The fraction of sp³-hybridized carbons (Fsp3) is 0.314. The summed E-state index contributed by atoms with van der Waals surface area (Å²) < 4.78 is 54.2. The smallest absolute Gasteiger partial charge is 0.346 e. The SMILES string of the molecule is O=C(CCOCCOCCn1cc(COc2ccc(C(NCc3ccccc3)P(=O)(O)O)cc2)nn1)NCCOCCOCCNC(=S)Nc1ccc2c(c1)C(=O)OC21c2ccc(O)cc2Oc2cc(O)ccc21. The number of nitrogens with one attached hydrogen (secondary N) is 4. The predicted octanol–water partition coefficient (Wildman–Crippen LogP) is 5.36. The number of phenolic OH excluding ortho intramolecular Hbond substituents is 2. The Bertz CT molecular complexity index is 2870. The first-order valence-corrected chi connectivity index (χ1v) is 25.7. The molecule has 2 aliphatic heterocycles. The fourth-order valence-corrected chi connectivity index (χ4v) is 9.28. The third-order valence-corrected chi connectivity index (χ3v) is 13.1. The van der Waals surface area contributed by atoms with Crippen molar-refractivity contribution in [1.82, 2.24) is 30.9 Å². The largest absolute Gasteiger partial charge is 0.508 e. The summed E-state index contributed by atoms with van der Waals surface area (Å²) in [7, 11) is -4.49. The van der Waals surface area contributed by atoms with E-state index >= 15 is 0 Å². The lowest BCUT2D eigenvalue weighted by Crippen LogP contribution is -2.33. The van der Waals surface area contributed by atoms with Gasteiger partial charge in [-0.1, -0.05) is 53.7 Å². The molecule has 0 bridgehead atoms. The van der Waals surface area contributed by atoms with Gasteiger partial charge >= 0.3 is 13.6 Å². The zero-order valence-corrected chi connectivity index (χ0v) is 41.7. The monoisotopic (exact) mass is 1050 g/mol. The van der Waals surface area contributed by atoms with Crippen molar-refractivity contribution >= 4 is 42.5 Å². The molecule has 0 radical (unpaired) electrons. The summed E-state index contributed by atoms with van der Waals surface area (Å²) >= 11 is 5.47. The summed E-state index contributed by atoms with van der Waals surface area (Å²) in [6, 6.07) is 30.3. The van der Waals surface area contributed by atoms with Crippen LogP contribution in [0.15, 0.2) is 115 Å². The van der Waals surface area contributed by atoms with Gasteiger partial charge in [0.2, 0.25) is 5.91 Å². The van der Waals surface area contributed by atoms with Crippen LogP contribution in [0.5, 0.6) is 28.7 Å². The normalized spacial score (nSPS) is 13.5. The minimum absolute atomic E-state index is 0.0263. The maximum atomic E-state index is 13.4. The molecule has 8 N–H and O–H groups in total. The summed E-state index contributed by atoms with van der Waals surface area (Å²) in [5.74, 6) is -0.830. The Morgan fingerprint density at radius 1 is 0.757 bits per heavy atom. The highest BCUT2D eigenvalue weighted by molar-refractivity contribution is 7.80. The van der Waals surface area contributed by atoms with Crippen molar-refractivity contribution in [2.75, 3.05) is 71.3 Å². The number of anilines is 1. The molecule has 3 heterocycles. The van der Waals surface area contributed by atoms with E-state index in [1.807, 2.05) is 30.3 Å². The second-order valence-corrected chi connectivity index (χ2v) is 19.0. The van der Waals surface area contributed by atoms with Crippen LogP contribution in [0.4, 0.5) is 5.69 Å². The van der Waals surface area contributed by atoms with Crippen LogP contribution in [0.3, 0.4) is 0 Å². The second kappa shape index (κ2) is 25.3. The lowest BCUT2D eigenvalue weighted by Gasteiger charge is -2.36. The number of fused-ring (bicyclic) bond motifs is 6. The van der Waals surface area contributed by atoms with Crippen molar-refractivity contribution in [2.24, 2.45) is 0 Å². The minimum Gasteiger partial charge on any atom is -0.508 e. The third-order valence-electron chi connectivity index (χ3n) is 11.7. The van der Waals surface area contributed by atoms with Crippen molar-refractivity contribution in [1.29, 1.82) is 0 Å². The number of benzene rings is 5. The van der Waals surface area contributed by atoms with Gasteiger partial charge in [-0.25, -0.2) is 9.48 Å². The number of nitrogens with zero attached hydrogens (tertiary/aromatic N) is 3. The van der Waals surface area contributed by atoms with Crippen molar-refractivity contribution in [3.63, 3.8) is 0 Å². The number of ether oxygens (including phenoxy) is 7. The van der Waals surface area contributed by atoms with Gasteiger partial charge in [-0.15, -0.1) is 5.10 Å². The van der Waals surface area contributed by atoms with E-state index in [1.165, 1.54) is 24.3 Å². The van der Waals surface area contributed by atoms with Crippen molar-refractivity contribution in [3.8, 4) is 28.7 Å². The van der Waals surface area contributed by atoms with E-state index < -0.39 is 24.9 Å². The van der Waals surface area contributed by atoms with E-state index in [-0.39, 0.29) is 37.0 Å². The van der Waals surface area contributed by atoms with Crippen LogP contribution < -0.4 is 30.7 Å². The van der Waals surface area contributed by atoms with Crippen LogP contribution in [-0.2, 0) is 58.3 Å². The number of aromatic nitrogens is 3. The maximum Gasteiger partial charge on any atom is 0.346 e. The molecule has 0 aliphatic carbocycles. The molecular formula is C51H56N7O14PS. The number of carbonyl (C=O) groups is 2. The molecule has 6 aromatic rings. The number of hydrogen-bond acceptors (Lipinski definition) is 16. The number of phenols is 2. The summed E-state index contributed by atoms with van der Waals surface area (Å²) in [6.07, 6.45) is 1.94. The molecule has 0 saturated carbocycles. The molecule has 1 atom stereocenters. The number of aromatic hydroxyl groups is 2. The predicted molar refractivity (Wildman–Crippen MR) is 272 cm³/mol. The van der Waals surface area contributed by atoms with Crippen molar-refractivity contribution < 1.29 is 67.3 Å². The van der Waals surface area contributed by atoms with Gasteiger partial charge in [0.1, 0.15) is 46.8 Å². The van der Waals surface area contributed by atoms with Crippen molar-refractivity contribution in [3.05, 3.63) is 154 Å². The zero-order valence-electron chi connectivity index (χ0n) is 40.0. The Labute approximate surface area is 431 Å². The van der Waals surface area contributed by atoms with Gasteiger partial charge in [-0.2, -0.15) is 0 Å². The molecule has 0 fully saturated rings. The summed E-state index contributed by atoms with van der Waals surface area (Å²) in [5.41, 5.74) is 3.11. The molecule has 23 heteroatoms. The van der Waals surface area contributed by atoms with E-state index in [9.17, 15) is 34.2 Å². The number of thiocarbonyl (C=S) groups is 1. The van der Waals surface area contributed by atoms with Crippen molar-refractivity contribution in [2.45, 2.75) is 37.5 Å². The molecule has 2 aliphatic rings. The highest BCUT2D eigenvalue weighted by Crippen LogP contribution is 2.57. The van der Waals surface area contributed by atoms with Gasteiger partial charge in [0, 0.05) is 60.6 Å². The average molecular weight is 1050 g/mol. The van der Waals surface area contributed by atoms with Crippen LogP contribution >= 0.6 is 19.8 Å². The lowest BCUT2D eigenvalue weighted by molar-refractivity contribution is -0.122. The van der Waals surface area contributed by atoms with Crippen LogP contribution in [0.2, 0.25) is 0 Å². The molecule has 1 aromatic heterocycles. The second-order valence-electron chi connectivity index (χ2n) is 16.9. The van der Waals surface area contributed by atoms with E-state index in [1.54, 1.807) is 65.5 Å². The number of esters is 1. The van der Waals surface area contributed by atoms with E-state index in [4.69, 9.17) is 45.4 Å². The zero-order chi connectivity index (χ0) is 51.9. The summed E-state index contributed by atoms with van der Waals surface area (Å²) in [6.45, 7) is 4.26. The first-order valence-electron chi connectivity index (χ1n) is 23.7. The summed E-state index contributed by atoms with van der Waals surface area (Å²) in [4.78, 5) is 45.5. The first-order chi connectivity index (χ1) is 35.9. The number of amides is 1. The first kappa shape index (κ1) is 53.3. The Morgan fingerprint density at radius 3 is 2.07 bits per heavy atom. The molecular weight excluding hydrogens is 998 g/mol. The minimum atomic E-state index is -4.49. The molecule has 1 unspecified atom stereocenters. The molecule has 390 valence electrons. The van der Waals surface area contributed by atoms with E-state index in [0.717, 1.165) is 5.56 Å². The van der Waals surface area contributed by atoms with E-state index in [2.05, 4.69) is 31.6 Å². The molecule has 21 nitrogen and oxygen atoms in total. The van der Waals surface area contributed by atoms with Crippen LogP contribution in [0.1, 0.15) is 56.1 Å². The van der Waals surface area contributed by atoms with Crippen LogP contribution in [0.25, 0.3) is 0 Å². The number of carbonyl (C=O) groups excluding carboxylic acids is 2. The highest BCUT2D eigenvalue weighted by atomic mass is 32.1. The lowest BCUT2D eigenvalue weighted by atomic mass is 9.77. The van der Waals surface area contributed by atoms with E-state index in [0.29, 0.717) is 134 Å². The van der Waals surface area contributed by atoms with Crippen LogP contribution in [-0.4, -0.2) is 118 Å². The van der Waals surface area contributed by atoms with Gasteiger partial charge < -0.3 is 69.1 Å². The Morgan fingerprint density at radius 2 is 1.39 bits per heavy atom. The van der Waals surface area contributed by atoms with Gasteiger partial charge in [0.15, 0.2) is 10.7 Å². The summed E-state index contributed by atoms with van der Waals surface area (Å²) in [5, 5.41) is 40.8. The topological polar surface area (TPSA) is 276 Å². The standard InChI is InChI=1S/C51H56N7O14PS/c59-38-9-14-43-45(29-38)71-46-30-39(60)10-15-44(46)51(43)42-13-8-36(28-41(42)49(62)72-51)55-50(74)53-18-22-68-26-25-67-21-17-52-47(61)16-20-66-24-27-69-23-19-58-32-37(56-57-58)33-70-40-11-6-35(7-12-40)48(73(63,64)65)54-31-34-4-2-1-3-5-34/h1-15,28-30,32,48,54,59-60H,16-27,31,33H2,(H,52,61)(H2,53,55,74)(H2,63,64,65). The molecule has 1 amide bonds. The Balaban J connectivity index is 0.619. The molecule has 1 spiro atoms. The van der Waals surface area contributed by atoms with Gasteiger partial charge in [0.25, 0.3) is 0 Å². The number of rotatable bonds is 27. The highest BCUT2D eigenvalue weighted by Gasteiger charge is 2.53. The molecule has 0 saturated heterocycles. The van der Waals surface area contributed by atoms with Crippen LogP contribution in [0, 0.1) is 0 Å². The molecule has 5 aromatic carbocycles. The average Bonchev–Trinajstić information content (AvgIpc) is 3.96. The molecule has 8 rings (SSSR count). The van der Waals surface area contributed by atoms with Gasteiger partial charge in [0.05, 0.1) is 71.2 Å². The molecule has 74 heavy (non-hydrogen) atoms. The third kappa shape index (κ3) is 14.0. The van der Waals surface area contributed by atoms with Gasteiger partial charge in [-0.05, 0) is 71.9 Å².